The fourth-order valence-corrected chi connectivity index (χ4v) is 4.17. The zero-order valence-electron chi connectivity index (χ0n) is 21.3. The number of ketones is 1. The smallest absolute Gasteiger partial charge is 0.352 e. The van der Waals surface area contributed by atoms with Crippen LogP contribution in [0.25, 0.3) is 0 Å². The van der Waals surface area contributed by atoms with Gasteiger partial charge in [-0.2, -0.15) is 8.78 Å². The summed E-state index contributed by atoms with van der Waals surface area (Å²) in [4.78, 5) is 54.5. The molecule has 2 amide bonds. The molecule has 2 rings (SSSR count). The third-order valence-corrected chi connectivity index (χ3v) is 7.09. The van der Waals surface area contributed by atoms with Crippen molar-refractivity contribution in [3.8, 4) is 0 Å². The monoisotopic (exact) mass is 553 g/mol. The van der Waals surface area contributed by atoms with Gasteiger partial charge in [0, 0.05) is 17.7 Å². The highest BCUT2D eigenvalue weighted by Crippen LogP contribution is 2.59. The van der Waals surface area contributed by atoms with Gasteiger partial charge in [0.15, 0.2) is 5.78 Å². The van der Waals surface area contributed by atoms with Gasteiger partial charge >= 0.3 is 13.3 Å². The van der Waals surface area contributed by atoms with Crippen LogP contribution in [0.5, 0.6) is 0 Å². The molecule has 2 unspecified atom stereocenters. The Morgan fingerprint density at radius 1 is 1.00 bits per heavy atom. The normalized spacial score (nSPS) is 13.4. The number of alkyl halides is 2. The topological polar surface area (TPSA) is 159 Å². The first-order chi connectivity index (χ1) is 17.8. The van der Waals surface area contributed by atoms with Crippen LogP contribution in [0.1, 0.15) is 60.2 Å². The van der Waals surface area contributed by atoms with E-state index in [1.54, 1.807) is 12.1 Å². The number of benzene rings is 2. The van der Waals surface area contributed by atoms with Crippen LogP contribution in [-0.2, 0) is 32.7 Å². The van der Waals surface area contributed by atoms with Gasteiger partial charge in [-0.15, -0.1) is 0 Å². The number of nitrogens with one attached hydrogen (secondary N) is 2. The molecule has 0 aromatic heterocycles. The van der Waals surface area contributed by atoms with E-state index in [1.165, 1.54) is 19.1 Å². The summed E-state index contributed by atoms with van der Waals surface area (Å²) < 4.78 is 38.6. The zero-order valence-corrected chi connectivity index (χ0v) is 22.2. The predicted molar refractivity (Wildman–Crippen MR) is 139 cm³/mol. The molecular formula is C26H34F2N3O6P. The Balaban J connectivity index is 1.81. The molecule has 2 atom stereocenters. The lowest BCUT2D eigenvalue weighted by Gasteiger charge is -2.20. The second-order valence-electron chi connectivity index (χ2n) is 9.07. The molecule has 6 N–H and O–H groups in total. The van der Waals surface area contributed by atoms with Crippen molar-refractivity contribution in [2.24, 2.45) is 5.73 Å². The fourth-order valence-electron chi connectivity index (χ4n) is 3.68. The molecule has 12 heteroatoms. The first kappa shape index (κ1) is 31.2. The molecule has 0 bridgehead atoms. The summed E-state index contributed by atoms with van der Waals surface area (Å²) in [6, 6.07) is 9.66. The average molecular weight is 554 g/mol. The number of amides is 2. The van der Waals surface area contributed by atoms with Gasteiger partial charge in [0.1, 0.15) is 0 Å². The number of nitrogens with two attached hydrogens (primary N) is 1. The molecule has 2 aromatic carbocycles. The lowest BCUT2D eigenvalue weighted by Crippen LogP contribution is -2.48. The summed E-state index contributed by atoms with van der Waals surface area (Å²) in [5.74, 6) is -1.04. The zero-order chi connectivity index (χ0) is 28.5. The molecule has 208 valence electrons. The highest BCUT2D eigenvalue weighted by Gasteiger charge is 2.50. The maximum atomic E-state index is 13.8. The van der Waals surface area contributed by atoms with Crippen molar-refractivity contribution < 1.29 is 37.5 Å². The van der Waals surface area contributed by atoms with E-state index in [0.717, 1.165) is 24.1 Å². The number of hydrogen-bond donors (Lipinski definition) is 5. The van der Waals surface area contributed by atoms with Gasteiger partial charge in [-0.3, -0.25) is 18.9 Å². The standard InChI is InChI=1S/C26H34F2N3O6P/c1-3-18-7-11-20(12-8-18)24(33)30-15-5-4-6-23(17(2)32)31-25(34)22(29)16-19-9-13-21(14-10-19)26(27,28)38(35,36)37/h7-14,22-23H,3-6,15-16,29H2,1-2H3,(H,30,33)(H,31,34)(H2,35,36,37). The first-order valence-corrected chi connectivity index (χ1v) is 13.8. The Kier molecular flexibility index (Phi) is 11.3. The maximum absolute atomic E-state index is 13.8. The van der Waals surface area contributed by atoms with E-state index in [1.807, 2.05) is 19.1 Å². The number of hydrogen-bond acceptors (Lipinski definition) is 5. The Morgan fingerprint density at radius 2 is 1.58 bits per heavy atom. The highest BCUT2D eigenvalue weighted by atomic mass is 31.2. The SMILES string of the molecule is CCc1ccc(C(=O)NCCCCC(NC(=O)C(N)Cc2ccc(C(F)(F)P(=O)(O)O)cc2)C(C)=O)cc1. The lowest BCUT2D eigenvalue weighted by atomic mass is 10.0. The summed E-state index contributed by atoms with van der Waals surface area (Å²) in [5, 5.41) is 5.43. The van der Waals surface area contributed by atoms with Crippen LogP contribution in [-0.4, -0.2) is 46.0 Å². The minimum Gasteiger partial charge on any atom is -0.352 e. The largest absolute Gasteiger partial charge is 0.399 e. The van der Waals surface area contributed by atoms with Crippen LogP contribution in [0.3, 0.4) is 0 Å². The number of Topliss-reactive ketones (excluding diaryl/α,β-unsaturated/α-hetero) is 1. The number of unbranched alkanes of at least 4 members (excludes halogenated alkanes) is 1. The molecule has 0 heterocycles. The number of rotatable bonds is 14. The van der Waals surface area contributed by atoms with E-state index in [4.69, 9.17) is 15.5 Å². The minimum absolute atomic E-state index is 0.0382. The maximum Gasteiger partial charge on any atom is 0.399 e. The van der Waals surface area contributed by atoms with E-state index < -0.39 is 36.8 Å². The van der Waals surface area contributed by atoms with Crippen LogP contribution in [0.15, 0.2) is 48.5 Å². The molecule has 0 spiro atoms. The Bertz CT molecular complexity index is 1150. The molecule has 9 nitrogen and oxygen atoms in total. The van der Waals surface area contributed by atoms with Crippen LogP contribution in [0.2, 0.25) is 0 Å². The summed E-state index contributed by atoms with van der Waals surface area (Å²) >= 11 is 0. The summed E-state index contributed by atoms with van der Waals surface area (Å²) in [5.41, 5.74) is 2.85. The molecule has 0 aliphatic carbocycles. The van der Waals surface area contributed by atoms with Crippen molar-refractivity contribution in [3.05, 3.63) is 70.8 Å². The van der Waals surface area contributed by atoms with Crippen LogP contribution in [0, 0.1) is 0 Å². The van der Waals surface area contributed by atoms with Gasteiger partial charge in [0.2, 0.25) is 5.91 Å². The number of aryl methyl sites for hydroxylation is 1. The Hall–Kier alpha value is -2.98. The van der Waals surface area contributed by atoms with Crippen molar-refractivity contribution in [1.29, 1.82) is 0 Å². The van der Waals surface area contributed by atoms with Crippen molar-refractivity contribution in [3.63, 3.8) is 0 Å². The van der Waals surface area contributed by atoms with E-state index in [-0.39, 0.29) is 18.1 Å². The number of halogens is 2. The molecule has 0 saturated heterocycles. The summed E-state index contributed by atoms with van der Waals surface area (Å²) in [6.07, 6.45) is 2.35. The van der Waals surface area contributed by atoms with Crippen molar-refractivity contribution in [2.45, 2.75) is 63.7 Å². The molecule has 0 fully saturated rings. The molecular weight excluding hydrogens is 519 g/mol. The molecule has 2 aromatic rings. The number of carbonyl (C=O) groups is 3. The second kappa shape index (κ2) is 13.7. The third kappa shape index (κ3) is 8.80. The minimum atomic E-state index is -5.69. The van der Waals surface area contributed by atoms with Gasteiger partial charge in [0.05, 0.1) is 12.1 Å². The molecule has 0 radical (unpaired) electrons. The average Bonchev–Trinajstić information content (AvgIpc) is 2.87. The summed E-state index contributed by atoms with van der Waals surface area (Å²) in [7, 11) is -5.69. The van der Waals surface area contributed by atoms with Gasteiger partial charge < -0.3 is 26.2 Å². The van der Waals surface area contributed by atoms with Gasteiger partial charge in [-0.1, -0.05) is 43.3 Å². The van der Waals surface area contributed by atoms with Gasteiger partial charge in [0.25, 0.3) is 5.91 Å². The lowest BCUT2D eigenvalue weighted by molar-refractivity contribution is -0.127. The van der Waals surface area contributed by atoms with E-state index in [0.29, 0.717) is 36.9 Å². The molecule has 0 saturated carbocycles. The number of carbonyl (C=O) groups excluding carboxylic acids is 3. The van der Waals surface area contributed by atoms with Crippen molar-refractivity contribution in [1.82, 2.24) is 10.6 Å². The van der Waals surface area contributed by atoms with Crippen molar-refractivity contribution in [2.75, 3.05) is 6.54 Å². The van der Waals surface area contributed by atoms with Crippen LogP contribution >= 0.6 is 7.60 Å². The Morgan fingerprint density at radius 3 is 2.11 bits per heavy atom. The van der Waals surface area contributed by atoms with E-state index >= 15 is 0 Å². The summed E-state index contributed by atoms with van der Waals surface area (Å²) in [6.45, 7) is 3.78. The molecule has 38 heavy (non-hydrogen) atoms. The highest BCUT2D eigenvalue weighted by molar-refractivity contribution is 7.52. The third-order valence-electron chi connectivity index (χ3n) is 6.10. The first-order valence-electron chi connectivity index (χ1n) is 12.2. The van der Waals surface area contributed by atoms with Gasteiger partial charge in [-0.25, -0.2) is 0 Å². The molecule has 0 aliphatic heterocycles. The second-order valence-corrected chi connectivity index (χ2v) is 10.7. The van der Waals surface area contributed by atoms with E-state index in [9.17, 15) is 27.7 Å². The van der Waals surface area contributed by atoms with E-state index in [2.05, 4.69) is 10.6 Å². The Labute approximate surface area is 220 Å². The quantitative estimate of drug-likeness (QED) is 0.178. The van der Waals surface area contributed by atoms with Crippen LogP contribution in [0.4, 0.5) is 8.78 Å². The van der Waals surface area contributed by atoms with Crippen molar-refractivity contribution >= 4 is 25.2 Å². The fraction of sp³-hybridized carbons (Fsp3) is 0.423. The predicted octanol–water partition coefficient (Wildman–Crippen LogP) is 3.02. The molecule has 0 aliphatic rings. The van der Waals surface area contributed by atoms with Gasteiger partial charge in [-0.05, 0) is 62.3 Å². The van der Waals surface area contributed by atoms with Crippen LogP contribution < -0.4 is 16.4 Å².